The number of allylic oxidation sites excluding steroid dienone is 1. The molecule has 0 saturated carbocycles. The Hall–Kier alpha value is -1.72. The molecular formula is C16H24ClN3O2. The number of aryl methyl sites for hydroxylation is 2. The summed E-state index contributed by atoms with van der Waals surface area (Å²) in [6.07, 6.45) is 3.38. The van der Waals surface area contributed by atoms with Crippen LogP contribution in [0, 0.1) is 13.8 Å². The van der Waals surface area contributed by atoms with Crippen LogP contribution >= 0.6 is 11.6 Å². The zero-order valence-corrected chi connectivity index (χ0v) is 14.6. The number of ether oxygens (including phenoxy) is 1. The van der Waals surface area contributed by atoms with Gasteiger partial charge in [0.1, 0.15) is 12.0 Å². The molecule has 0 unspecified atom stereocenters. The summed E-state index contributed by atoms with van der Waals surface area (Å²) in [5, 5.41) is 0. The Labute approximate surface area is 137 Å². The number of nitrogens with zero attached hydrogens (tertiary/aromatic N) is 2. The first kappa shape index (κ1) is 18.3. The predicted octanol–water partition coefficient (Wildman–Crippen LogP) is 3.52. The second-order valence-electron chi connectivity index (χ2n) is 4.92. The molecule has 0 saturated heterocycles. The van der Waals surface area contributed by atoms with E-state index < -0.39 is 0 Å². The molecule has 1 aromatic rings. The molecule has 0 heterocycles. The van der Waals surface area contributed by atoms with Crippen LogP contribution in [0.1, 0.15) is 18.1 Å². The first-order valence-corrected chi connectivity index (χ1v) is 7.61. The fraction of sp³-hybridized carbons (Fsp3) is 0.438. The number of benzene rings is 1. The van der Waals surface area contributed by atoms with Crippen LogP contribution in [-0.2, 0) is 4.84 Å². The van der Waals surface area contributed by atoms with Crippen LogP contribution in [-0.4, -0.2) is 37.8 Å². The molecule has 0 amide bonds. The van der Waals surface area contributed by atoms with Crippen LogP contribution in [0.2, 0.25) is 0 Å². The number of halogens is 1. The van der Waals surface area contributed by atoms with E-state index in [4.69, 9.17) is 21.2 Å². The summed E-state index contributed by atoms with van der Waals surface area (Å²) in [4.78, 5) is 11.3. The van der Waals surface area contributed by atoms with Gasteiger partial charge in [0, 0.05) is 13.6 Å². The molecule has 0 aliphatic heterocycles. The molecule has 0 atom stereocenters. The number of alkyl halides is 1. The van der Waals surface area contributed by atoms with Crippen molar-refractivity contribution in [3.63, 3.8) is 0 Å². The minimum Gasteiger partial charge on any atom is -0.463 e. The van der Waals surface area contributed by atoms with E-state index in [9.17, 15) is 0 Å². The van der Waals surface area contributed by atoms with Crippen molar-refractivity contribution < 1.29 is 9.57 Å². The monoisotopic (exact) mass is 325 g/mol. The van der Waals surface area contributed by atoms with Crippen molar-refractivity contribution in [2.45, 2.75) is 20.8 Å². The van der Waals surface area contributed by atoms with E-state index in [1.54, 1.807) is 6.26 Å². The number of hydrogen-bond donors (Lipinski definition) is 1. The maximum absolute atomic E-state index is 5.78. The van der Waals surface area contributed by atoms with Crippen molar-refractivity contribution >= 4 is 23.6 Å². The van der Waals surface area contributed by atoms with Gasteiger partial charge in [-0.1, -0.05) is 0 Å². The van der Waals surface area contributed by atoms with Crippen LogP contribution in [0.4, 0.5) is 5.69 Å². The molecule has 0 aromatic heterocycles. The Morgan fingerprint density at radius 3 is 2.68 bits per heavy atom. The molecule has 1 aromatic carbocycles. The Morgan fingerprint density at radius 1 is 1.36 bits per heavy atom. The van der Waals surface area contributed by atoms with Gasteiger partial charge in [-0.15, -0.1) is 11.6 Å². The fourth-order valence-corrected chi connectivity index (χ4v) is 1.75. The first-order valence-electron chi connectivity index (χ1n) is 7.08. The van der Waals surface area contributed by atoms with E-state index in [0.29, 0.717) is 5.70 Å². The molecule has 0 aliphatic carbocycles. The number of hydroxylamine groups is 1. The molecule has 0 spiro atoms. The van der Waals surface area contributed by atoms with Gasteiger partial charge in [0.2, 0.25) is 0 Å². The molecule has 0 bridgehead atoms. The van der Waals surface area contributed by atoms with Crippen LogP contribution in [0.25, 0.3) is 0 Å². The van der Waals surface area contributed by atoms with Gasteiger partial charge in [0.25, 0.3) is 0 Å². The van der Waals surface area contributed by atoms with E-state index in [1.807, 2.05) is 44.3 Å². The van der Waals surface area contributed by atoms with Crippen molar-refractivity contribution in [2.75, 3.05) is 26.6 Å². The average molecular weight is 326 g/mol. The summed E-state index contributed by atoms with van der Waals surface area (Å²) in [6, 6.07) is 3.96. The van der Waals surface area contributed by atoms with Crippen LogP contribution in [0.15, 0.2) is 29.1 Å². The molecule has 0 radical (unpaired) electrons. The highest BCUT2D eigenvalue weighted by molar-refractivity contribution is 6.19. The Kier molecular flexibility index (Phi) is 7.77. The van der Waals surface area contributed by atoms with E-state index in [0.717, 1.165) is 29.1 Å². The van der Waals surface area contributed by atoms with Crippen molar-refractivity contribution in [3.05, 3.63) is 35.2 Å². The lowest BCUT2D eigenvalue weighted by molar-refractivity contribution is 0.116. The van der Waals surface area contributed by atoms with E-state index in [2.05, 4.69) is 17.4 Å². The fourth-order valence-electron chi connectivity index (χ4n) is 1.63. The van der Waals surface area contributed by atoms with Crippen LogP contribution < -0.4 is 10.2 Å². The summed E-state index contributed by atoms with van der Waals surface area (Å²) in [6.45, 7) is 6.98. The molecule has 1 rings (SSSR count). The molecule has 122 valence electrons. The standard InChI is InChI=1S/C16H24ClN3O2/c1-6-20(4)11-18-15-7-13(3)16(8-12(15)2)22-10-14(9-17)19-21-5/h7-8,10-11,19H,6,9H2,1-5H3. The van der Waals surface area contributed by atoms with Gasteiger partial charge < -0.3 is 9.64 Å². The lowest BCUT2D eigenvalue weighted by Crippen LogP contribution is -2.14. The second-order valence-corrected chi connectivity index (χ2v) is 5.19. The average Bonchev–Trinajstić information content (AvgIpc) is 2.52. The summed E-state index contributed by atoms with van der Waals surface area (Å²) in [5.41, 5.74) is 6.28. The molecule has 0 aliphatic rings. The maximum atomic E-state index is 5.78. The highest BCUT2D eigenvalue weighted by Crippen LogP contribution is 2.28. The van der Waals surface area contributed by atoms with Crippen molar-refractivity contribution in [1.82, 2.24) is 10.4 Å². The molecule has 5 nitrogen and oxygen atoms in total. The summed E-state index contributed by atoms with van der Waals surface area (Å²) < 4.78 is 5.67. The quantitative estimate of drug-likeness (QED) is 0.261. The molecule has 6 heteroatoms. The third-order valence-corrected chi connectivity index (χ3v) is 3.38. The third-order valence-electron chi connectivity index (χ3n) is 3.09. The second kappa shape index (κ2) is 9.33. The maximum Gasteiger partial charge on any atom is 0.129 e. The number of aliphatic imine (C=N–C) groups is 1. The third kappa shape index (κ3) is 5.58. The zero-order valence-electron chi connectivity index (χ0n) is 13.8. The predicted molar refractivity (Wildman–Crippen MR) is 91.9 cm³/mol. The number of hydrogen-bond acceptors (Lipinski definition) is 4. The lowest BCUT2D eigenvalue weighted by Gasteiger charge is -2.12. The lowest BCUT2D eigenvalue weighted by atomic mass is 10.1. The van der Waals surface area contributed by atoms with Crippen molar-refractivity contribution in [2.24, 2.45) is 4.99 Å². The highest BCUT2D eigenvalue weighted by atomic mass is 35.5. The van der Waals surface area contributed by atoms with Gasteiger partial charge in [-0.05, 0) is 44.0 Å². The Balaban J connectivity index is 2.92. The summed E-state index contributed by atoms with van der Waals surface area (Å²) in [5.74, 6) is 1.04. The smallest absolute Gasteiger partial charge is 0.129 e. The largest absolute Gasteiger partial charge is 0.463 e. The minimum atomic E-state index is 0.275. The van der Waals surface area contributed by atoms with Gasteiger partial charge >= 0.3 is 0 Å². The molecular weight excluding hydrogens is 302 g/mol. The molecule has 1 N–H and O–H groups in total. The van der Waals surface area contributed by atoms with Gasteiger partial charge in [-0.25, -0.2) is 4.99 Å². The van der Waals surface area contributed by atoms with Gasteiger partial charge in [-0.3, -0.25) is 10.3 Å². The molecule has 0 fully saturated rings. The SMILES string of the molecule is CCN(C)C=Nc1cc(C)c(OC=C(CCl)NOC)cc1C. The van der Waals surface area contributed by atoms with Crippen LogP contribution in [0.5, 0.6) is 5.75 Å². The van der Waals surface area contributed by atoms with Crippen LogP contribution in [0.3, 0.4) is 0 Å². The number of nitrogens with one attached hydrogen (secondary N) is 1. The zero-order chi connectivity index (χ0) is 16.5. The number of rotatable bonds is 8. The van der Waals surface area contributed by atoms with Gasteiger partial charge in [-0.2, -0.15) is 0 Å². The molecule has 22 heavy (non-hydrogen) atoms. The van der Waals surface area contributed by atoms with Crippen molar-refractivity contribution in [3.8, 4) is 5.75 Å². The van der Waals surface area contributed by atoms with E-state index in [-0.39, 0.29) is 5.88 Å². The van der Waals surface area contributed by atoms with E-state index >= 15 is 0 Å². The first-order chi connectivity index (χ1) is 10.5. The van der Waals surface area contributed by atoms with Gasteiger partial charge in [0.05, 0.1) is 30.7 Å². The minimum absolute atomic E-state index is 0.275. The summed E-state index contributed by atoms with van der Waals surface area (Å²) in [7, 11) is 3.51. The van der Waals surface area contributed by atoms with Crippen molar-refractivity contribution in [1.29, 1.82) is 0 Å². The highest BCUT2D eigenvalue weighted by Gasteiger charge is 2.05. The van der Waals surface area contributed by atoms with E-state index in [1.165, 1.54) is 7.11 Å². The topological polar surface area (TPSA) is 46.1 Å². The van der Waals surface area contributed by atoms with Gasteiger partial charge in [0.15, 0.2) is 0 Å². The Bertz CT molecular complexity index is 544. The summed E-state index contributed by atoms with van der Waals surface area (Å²) >= 11 is 5.78. The normalized spacial score (nSPS) is 11.8. The Morgan fingerprint density at radius 2 is 2.09 bits per heavy atom.